The minimum Gasteiger partial charge on any atom is -0.330 e. The third-order valence-electron chi connectivity index (χ3n) is 0.809. The van der Waals surface area contributed by atoms with Gasteiger partial charge in [-0.1, -0.05) is 0 Å². The standard InChI is InChI=1S/C5H14N2.Na/c1-7(2)5-3-4-6;/h3-6H2,1-2H3;. The van der Waals surface area contributed by atoms with Gasteiger partial charge in [-0.25, -0.2) is 0 Å². The molecule has 0 aromatic heterocycles. The number of hydrogen-bond donors (Lipinski definition) is 1. The van der Waals surface area contributed by atoms with Crippen molar-refractivity contribution in [3.05, 3.63) is 0 Å². The molecule has 0 rings (SSSR count). The van der Waals surface area contributed by atoms with E-state index in [9.17, 15) is 0 Å². The summed E-state index contributed by atoms with van der Waals surface area (Å²) >= 11 is 0. The minimum absolute atomic E-state index is 0. The van der Waals surface area contributed by atoms with Crippen LogP contribution in [0.5, 0.6) is 0 Å². The van der Waals surface area contributed by atoms with Crippen LogP contribution in [0.2, 0.25) is 0 Å². The molecule has 0 aliphatic rings. The van der Waals surface area contributed by atoms with Gasteiger partial charge in [-0.3, -0.25) is 0 Å². The average molecular weight is 125 g/mol. The van der Waals surface area contributed by atoms with Gasteiger partial charge in [-0.15, -0.1) is 0 Å². The molecule has 45 valence electrons. The van der Waals surface area contributed by atoms with Crippen LogP contribution in [0.1, 0.15) is 6.42 Å². The molecular formula is C5H14N2Na. The van der Waals surface area contributed by atoms with Crippen LogP contribution in [0.25, 0.3) is 0 Å². The molecule has 0 aromatic rings. The van der Waals surface area contributed by atoms with Crippen molar-refractivity contribution in [3.63, 3.8) is 0 Å². The van der Waals surface area contributed by atoms with E-state index in [-0.39, 0.29) is 29.6 Å². The second kappa shape index (κ2) is 7.92. The van der Waals surface area contributed by atoms with Crippen LogP contribution >= 0.6 is 0 Å². The van der Waals surface area contributed by atoms with Crippen molar-refractivity contribution in [2.75, 3.05) is 27.2 Å². The maximum atomic E-state index is 5.25. The molecule has 0 saturated heterocycles. The molecule has 0 bridgehead atoms. The molecule has 0 unspecified atom stereocenters. The Bertz CT molecular complexity index is 39.4. The van der Waals surface area contributed by atoms with Gasteiger partial charge in [-0.05, 0) is 33.6 Å². The Hall–Kier alpha value is 0.920. The molecule has 0 heterocycles. The Kier molecular flexibility index (Phi) is 11.6. The molecule has 1 radical (unpaired) electrons. The van der Waals surface area contributed by atoms with Crippen LogP contribution in [0, 0.1) is 0 Å². The van der Waals surface area contributed by atoms with Crippen molar-refractivity contribution in [2.24, 2.45) is 5.73 Å². The van der Waals surface area contributed by atoms with E-state index in [1.165, 1.54) is 0 Å². The van der Waals surface area contributed by atoms with Crippen LogP contribution in [0.3, 0.4) is 0 Å². The second-order valence-electron chi connectivity index (χ2n) is 1.95. The molecule has 0 amide bonds. The minimum atomic E-state index is 0. The molecule has 3 heteroatoms. The van der Waals surface area contributed by atoms with Crippen molar-refractivity contribution < 1.29 is 0 Å². The molecular weight excluding hydrogens is 111 g/mol. The van der Waals surface area contributed by atoms with Gasteiger partial charge in [0.15, 0.2) is 0 Å². The van der Waals surface area contributed by atoms with Gasteiger partial charge in [0.05, 0.1) is 0 Å². The van der Waals surface area contributed by atoms with Crippen molar-refractivity contribution in [2.45, 2.75) is 6.42 Å². The van der Waals surface area contributed by atoms with Crippen LogP contribution < -0.4 is 5.73 Å². The Labute approximate surface area is 73.7 Å². The average Bonchev–Trinajstić information content (AvgIpc) is 1.61. The molecule has 0 aromatic carbocycles. The van der Waals surface area contributed by atoms with Crippen molar-refractivity contribution >= 4 is 29.6 Å². The Morgan fingerprint density at radius 2 is 1.88 bits per heavy atom. The maximum Gasteiger partial charge on any atom is 0 e. The first kappa shape index (κ1) is 11.7. The zero-order chi connectivity index (χ0) is 5.70. The zero-order valence-corrected chi connectivity index (χ0v) is 8.15. The van der Waals surface area contributed by atoms with E-state index in [1.807, 2.05) is 0 Å². The number of nitrogens with zero attached hydrogens (tertiary/aromatic N) is 1. The van der Waals surface area contributed by atoms with Gasteiger partial charge < -0.3 is 10.6 Å². The zero-order valence-electron chi connectivity index (χ0n) is 6.15. The fraction of sp³-hybridized carbons (Fsp3) is 1.00. The summed E-state index contributed by atoms with van der Waals surface area (Å²) < 4.78 is 0. The summed E-state index contributed by atoms with van der Waals surface area (Å²) in [6.07, 6.45) is 1.10. The Morgan fingerprint density at radius 3 is 2.00 bits per heavy atom. The summed E-state index contributed by atoms with van der Waals surface area (Å²) in [4.78, 5) is 2.13. The summed E-state index contributed by atoms with van der Waals surface area (Å²) in [7, 11) is 4.10. The second-order valence-corrected chi connectivity index (χ2v) is 1.95. The fourth-order valence-corrected chi connectivity index (χ4v) is 0.408. The predicted octanol–water partition coefficient (Wildman–Crippen LogP) is -0.484. The van der Waals surface area contributed by atoms with Crippen molar-refractivity contribution in [1.82, 2.24) is 4.90 Å². The quantitative estimate of drug-likeness (QED) is 0.516. The molecule has 0 atom stereocenters. The predicted molar refractivity (Wildman–Crippen MR) is 38.0 cm³/mol. The molecule has 0 fully saturated rings. The van der Waals surface area contributed by atoms with Gasteiger partial charge in [0.25, 0.3) is 0 Å². The Balaban J connectivity index is 0. The normalized spacial score (nSPS) is 9.00. The van der Waals surface area contributed by atoms with E-state index in [0.717, 1.165) is 19.5 Å². The number of rotatable bonds is 3. The SMILES string of the molecule is CN(C)CCCN.[Na]. The summed E-state index contributed by atoms with van der Waals surface area (Å²) in [6.45, 7) is 1.91. The summed E-state index contributed by atoms with van der Waals surface area (Å²) in [5.41, 5.74) is 5.25. The van der Waals surface area contributed by atoms with Gasteiger partial charge in [0, 0.05) is 29.6 Å². The number of nitrogens with two attached hydrogens (primary N) is 1. The van der Waals surface area contributed by atoms with Gasteiger partial charge in [0.2, 0.25) is 0 Å². The van der Waals surface area contributed by atoms with Crippen LogP contribution in [0.4, 0.5) is 0 Å². The maximum absolute atomic E-state index is 5.25. The van der Waals surface area contributed by atoms with E-state index in [2.05, 4.69) is 19.0 Å². The van der Waals surface area contributed by atoms with E-state index >= 15 is 0 Å². The van der Waals surface area contributed by atoms with Crippen LogP contribution in [0.15, 0.2) is 0 Å². The molecule has 0 aliphatic heterocycles. The number of hydrogen-bond acceptors (Lipinski definition) is 2. The largest absolute Gasteiger partial charge is 0.330 e. The van der Waals surface area contributed by atoms with Crippen LogP contribution in [-0.2, 0) is 0 Å². The third-order valence-corrected chi connectivity index (χ3v) is 0.809. The molecule has 0 saturated carbocycles. The molecule has 8 heavy (non-hydrogen) atoms. The van der Waals surface area contributed by atoms with E-state index < -0.39 is 0 Å². The fourth-order valence-electron chi connectivity index (χ4n) is 0.408. The smallest absolute Gasteiger partial charge is 0 e. The van der Waals surface area contributed by atoms with Gasteiger partial charge in [-0.2, -0.15) is 0 Å². The Morgan fingerprint density at radius 1 is 1.38 bits per heavy atom. The van der Waals surface area contributed by atoms with E-state index in [1.54, 1.807) is 0 Å². The molecule has 2 N–H and O–H groups in total. The topological polar surface area (TPSA) is 29.3 Å². The van der Waals surface area contributed by atoms with Crippen molar-refractivity contribution in [3.8, 4) is 0 Å². The van der Waals surface area contributed by atoms with E-state index in [4.69, 9.17) is 5.73 Å². The summed E-state index contributed by atoms with van der Waals surface area (Å²) in [5.74, 6) is 0. The summed E-state index contributed by atoms with van der Waals surface area (Å²) in [5, 5.41) is 0. The molecule has 0 aliphatic carbocycles. The van der Waals surface area contributed by atoms with Gasteiger partial charge in [0.1, 0.15) is 0 Å². The van der Waals surface area contributed by atoms with E-state index in [0.29, 0.717) is 0 Å². The van der Waals surface area contributed by atoms with Gasteiger partial charge >= 0.3 is 0 Å². The van der Waals surface area contributed by atoms with Crippen molar-refractivity contribution in [1.29, 1.82) is 0 Å². The first-order valence-electron chi connectivity index (χ1n) is 2.62. The monoisotopic (exact) mass is 125 g/mol. The summed E-state index contributed by atoms with van der Waals surface area (Å²) in [6, 6.07) is 0. The molecule has 2 nitrogen and oxygen atoms in total. The van der Waals surface area contributed by atoms with Crippen LogP contribution in [-0.4, -0.2) is 61.6 Å². The first-order chi connectivity index (χ1) is 3.27. The molecule has 0 spiro atoms. The third kappa shape index (κ3) is 10.0. The first-order valence-corrected chi connectivity index (χ1v) is 2.62.